The summed E-state index contributed by atoms with van der Waals surface area (Å²) in [4.78, 5) is 67.3. The lowest BCUT2D eigenvalue weighted by molar-refractivity contribution is -0.132. The molecule has 2 fully saturated rings. The number of halogens is 1. The Bertz CT molecular complexity index is 1990. The Hall–Kier alpha value is -5.40. The SMILES string of the molecule is Cc1ccc2c(c1)C(=O)C(=O)N2Cc1cn(CC(=O)N2CCN(c3cc4c(cc3F)c(=O)c(C(=O)O)cn4C3CC3)CC2)nn1. The van der Waals surface area contributed by atoms with Crippen LogP contribution in [0.4, 0.5) is 15.8 Å². The normalized spacial score (nSPS) is 16.5. The van der Waals surface area contributed by atoms with Crippen molar-refractivity contribution in [1.82, 2.24) is 24.5 Å². The second-order valence-corrected chi connectivity index (χ2v) is 11.7. The van der Waals surface area contributed by atoms with Gasteiger partial charge in [0, 0.05) is 43.8 Å². The van der Waals surface area contributed by atoms with E-state index >= 15 is 4.39 Å². The fourth-order valence-electron chi connectivity index (χ4n) is 6.06. The van der Waals surface area contributed by atoms with E-state index in [1.807, 2.05) is 17.9 Å². The molecule has 45 heavy (non-hydrogen) atoms. The predicted molar refractivity (Wildman–Crippen MR) is 159 cm³/mol. The Kier molecular flexibility index (Phi) is 6.71. The van der Waals surface area contributed by atoms with Gasteiger partial charge in [-0.15, -0.1) is 5.10 Å². The number of aromatic nitrogens is 4. The molecule has 2 aliphatic heterocycles. The smallest absolute Gasteiger partial charge is 0.341 e. The van der Waals surface area contributed by atoms with Crippen LogP contribution in [0.25, 0.3) is 10.9 Å². The van der Waals surface area contributed by atoms with E-state index in [1.165, 1.54) is 15.8 Å². The number of hydrogen-bond acceptors (Lipinski definition) is 8. The summed E-state index contributed by atoms with van der Waals surface area (Å²) in [6.07, 6.45) is 4.61. The van der Waals surface area contributed by atoms with Crippen LogP contribution in [0.3, 0.4) is 0 Å². The van der Waals surface area contributed by atoms with Crippen LogP contribution in [-0.4, -0.2) is 79.3 Å². The number of benzene rings is 2. The number of rotatable bonds is 7. The van der Waals surface area contributed by atoms with Crippen LogP contribution < -0.4 is 15.2 Å². The number of nitrogens with zero attached hydrogens (tertiary/aromatic N) is 7. The third-order valence-corrected chi connectivity index (χ3v) is 8.57. The van der Waals surface area contributed by atoms with E-state index in [-0.39, 0.29) is 36.0 Å². The fraction of sp³-hybridized carbons (Fsp3) is 0.323. The maximum Gasteiger partial charge on any atom is 0.341 e. The minimum Gasteiger partial charge on any atom is -0.477 e. The lowest BCUT2D eigenvalue weighted by Crippen LogP contribution is -2.50. The van der Waals surface area contributed by atoms with Gasteiger partial charge in [0.2, 0.25) is 11.3 Å². The topological polar surface area (TPSA) is 151 Å². The number of carbonyl (C=O) groups excluding carboxylic acids is 3. The van der Waals surface area contributed by atoms with Gasteiger partial charge in [0.15, 0.2) is 0 Å². The van der Waals surface area contributed by atoms with Gasteiger partial charge in [0.1, 0.15) is 23.6 Å². The first-order valence-electron chi connectivity index (χ1n) is 14.6. The maximum atomic E-state index is 15.3. The molecule has 1 saturated carbocycles. The number of hydrogen-bond donors (Lipinski definition) is 1. The Balaban J connectivity index is 1.02. The molecule has 3 aliphatic rings. The molecule has 14 heteroatoms. The molecule has 0 unspecified atom stereocenters. The van der Waals surface area contributed by atoms with Crippen molar-refractivity contribution in [3.05, 3.63) is 81.2 Å². The van der Waals surface area contributed by atoms with Crippen molar-refractivity contribution in [2.45, 2.75) is 38.9 Å². The molecular weight excluding hydrogens is 585 g/mol. The Labute approximate surface area is 255 Å². The molecule has 7 rings (SSSR count). The molecule has 4 heterocycles. The van der Waals surface area contributed by atoms with E-state index in [1.54, 1.807) is 33.9 Å². The van der Waals surface area contributed by atoms with Gasteiger partial charge in [0.05, 0.1) is 35.2 Å². The van der Waals surface area contributed by atoms with Gasteiger partial charge in [-0.05, 0) is 44.0 Å². The van der Waals surface area contributed by atoms with Crippen molar-refractivity contribution in [2.24, 2.45) is 0 Å². The van der Waals surface area contributed by atoms with Crippen LogP contribution in [0.5, 0.6) is 0 Å². The van der Waals surface area contributed by atoms with E-state index in [0.717, 1.165) is 24.5 Å². The second-order valence-electron chi connectivity index (χ2n) is 11.7. The third-order valence-electron chi connectivity index (χ3n) is 8.57. The quantitative estimate of drug-likeness (QED) is 0.309. The molecule has 2 amide bonds. The molecule has 0 atom stereocenters. The summed E-state index contributed by atoms with van der Waals surface area (Å²) < 4.78 is 18.5. The van der Waals surface area contributed by atoms with Crippen molar-refractivity contribution in [3.63, 3.8) is 0 Å². The summed E-state index contributed by atoms with van der Waals surface area (Å²) in [5, 5.41) is 17.6. The highest BCUT2D eigenvalue weighted by molar-refractivity contribution is 6.52. The van der Waals surface area contributed by atoms with Gasteiger partial charge in [-0.1, -0.05) is 16.8 Å². The van der Waals surface area contributed by atoms with Crippen LogP contribution >= 0.6 is 0 Å². The van der Waals surface area contributed by atoms with Crippen LogP contribution in [-0.2, 0) is 22.7 Å². The molecule has 0 radical (unpaired) electrons. The van der Waals surface area contributed by atoms with E-state index in [4.69, 9.17) is 0 Å². The lowest BCUT2D eigenvalue weighted by Gasteiger charge is -2.36. The largest absolute Gasteiger partial charge is 0.477 e. The molecule has 1 N–H and O–H groups in total. The highest BCUT2D eigenvalue weighted by atomic mass is 19.1. The number of Topliss-reactive ketones (excluding diaryl/α,β-unsaturated/α-hetero) is 1. The maximum absolute atomic E-state index is 15.3. The summed E-state index contributed by atoms with van der Waals surface area (Å²) >= 11 is 0. The molecule has 13 nitrogen and oxygen atoms in total. The average molecular weight is 614 g/mol. The van der Waals surface area contributed by atoms with E-state index in [9.17, 15) is 29.1 Å². The zero-order chi connectivity index (χ0) is 31.6. The molecule has 0 bridgehead atoms. The zero-order valence-corrected chi connectivity index (χ0v) is 24.3. The molecule has 1 aliphatic carbocycles. The monoisotopic (exact) mass is 613 g/mol. The fourth-order valence-corrected chi connectivity index (χ4v) is 6.06. The third kappa shape index (κ3) is 5.01. The van der Waals surface area contributed by atoms with E-state index in [2.05, 4.69) is 10.3 Å². The summed E-state index contributed by atoms with van der Waals surface area (Å²) in [6, 6.07) is 8.01. The number of aromatic carboxylic acids is 1. The van der Waals surface area contributed by atoms with Crippen LogP contribution in [0.2, 0.25) is 0 Å². The molecule has 1 saturated heterocycles. The molecule has 2 aromatic heterocycles. The number of fused-ring (bicyclic) bond motifs is 2. The minimum atomic E-state index is -1.34. The van der Waals surface area contributed by atoms with Crippen molar-refractivity contribution in [2.75, 3.05) is 36.0 Å². The van der Waals surface area contributed by atoms with Gasteiger partial charge in [-0.3, -0.25) is 24.1 Å². The van der Waals surface area contributed by atoms with E-state index < -0.39 is 28.9 Å². The van der Waals surface area contributed by atoms with E-state index in [0.29, 0.717) is 54.3 Å². The standard InChI is InChI=1S/C31H28FN7O6/c1-17-2-5-24-20(10-17)29(42)30(43)39(24)14-18-13-37(34-33-18)16-27(40)36-8-6-35(7-9-36)26-12-25-21(11-23(26)32)28(41)22(31(44)45)15-38(25)19-3-4-19/h2,5,10-13,15,19H,3-4,6-9,14,16H2,1H3,(H,44,45). The Morgan fingerprint density at radius 1 is 1.00 bits per heavy atom. The van der Waals surface area contributed by atoms with Crippen molar-refractivity contribution in [1.29, 1.82) is 0 Å². The number of pyridine rings is 1. The zero-order valence-electron chi connectivity index (χ0n) is 24.3. The molecule has 230 valence electrons. The van der Waals surface area contributed by atoms with Crippen LogP contribution in [0, 0.1) is 12.7 Å². The van der Waals surface area contributed by atoms with Gasteiger partial charge in [-0.25, -0.2) is 13.9 Å². The highest BCUT2D eigenvalue weighted by Crippen LogP contribution is 2.38. The summed E-state index contributed by atoms with van der Waals surface area (Å²) in [6.45, 7) is 3.15. The average Bonchev–Trinajstić information content (AvgIpc) is 3.73. The first-order valence-corrected chi connectivity index (χ1v) is 14.6. The second kappa shape index (κ2) is 10.6. The van der Waals surface area contributed by atoms with Gasteiger partial charge in [0.25, 0.3) is 11.7 Å². The minimum absolute atomic E-state index is 0.0315. The number of anilines is 2. The highest BCUT2D eigenvalue weighted by Gasteiger charge is 2.36. The number of aryl methyl sites for hydroxylation is 1. The molecule has 4 aromatic rings. The van der Waals surface area contributed by atoms with Crippen molar-refractivity contribution in [3.8, 4) is 0 Å². The number of piperazine rings is 1. The number of carboxylic acids is 1. The van der Waals surface area contributed by atoms with Gasteiger partial charge < -0.3 is 19.5 Å². The lowest BCUT2D eigenvalue weighted by atomic mass is 10.1. The summed E-state index contributed by atoms with van der Waals surface area (Å²) in [5.41, 5.74) is 1.86. The molecular formula is C31H28FN7O6. The van der Waals surface area contributed by atoms with Gasteiger partial charge in [-0.2, -0.15) is 0 Å². The van der Waals surface area contributed by atoms with Crippen molar-refractivity contribution >= 4 is 45.8 Å². The number of carboxylic acid groups (broad SMARTS) is 1. The summed E-state index contributed by atoms with van der Waals surface area (Å²) in [7, 11) is 0. The Morgan fingerprint density at radius 3 is 2.47 bits per heavy atom. The first-order chi connectivity index (χ1) is 21.6. The number of carbonyl (C=O) groups is 4. The van der Waals surface area contributed by atoms with Crippen molar-refractivity contribution < 1.29 is 28.7 Å². The molecule has 2 aromatic carbocycles. The molecule has 0 spiro atoms. The summed E-state index contributed by atoms with van der Waals surface area (Å²) in [5.74, 6) is -3.38. The predicted octanol–water partition coefficient (Wildman–Crippen LogP) is 2.15. The number of amides is 2. The van der Waals surface area contributed by atoms with Crippen LogP contribution in [0.15, 0.2) is 47.5 Å². The Morgan fingerprint density at radius 2 is 1.76 bits per heavy atom. The first kappa shape index (κ1) is 28.4. The number of ketones is 1. The van der Waals surface area contributed by atoms with Gasteiger partial charge >= 0.3 is 5.97 Å². The van der Waals surface area contributed by atoms with Crippen LogP contribution in [0.1, 0.15) is 50.9 Å².